The Bertz CT molecular complexity index is 1440. The van der Waals surface area contributed by atoms with Crippen molar-refractivity contribution in [1.29, 1.82) is 0 Å². The van der Waals surface area contributed by atoms with E-state index in [2.05, 4.69) is 41.5 Å². The smallest absolute Gasteiger partial charge is 0.227 e. The molecule has 6 heteroatoms. The van der Waals surface area contributed by atoms with E-state index in [1.165, 1.54) is 0 Å². The summed E-state index contributed by atoms with van der Waals surface area (Å²) in [5.74, 6) is 2.72. The molecule has 0 fully saturated rings. The van der Waals surface area contributed by atoms with E-state index in [-0.39, 0.29) is 10.8 Å². The molecule has 0 N–H and O–H groups in total. The van der Waals surface area contributed by atoms with Crippen LogP contribution in [0.15, 0.2) is 57.4 Å². The summed E-state index contributed by atoms with van der Waals surface area (Å²) in [6.07, 6.45) is 0. The Morgan fingerprint density at radius 2 is 0.944 bits per heavy atom. The topological polar surface area (TPSA) is 70.5 Å². The summed E-state index contributed by atoms with van der Waals surface area (Å²) in [5, 5.41) is 0. The van der Waals surface area contributed by atoms with Crippen molar-refractivity contribution >= 4 is 22.2 Å². The minimum atomic E-state index is -0.0719. The predicted octanol–water partition coefficient (Wildman–Crippen LogP) is 7.92. The molecule has 0 saturated carbocycles. The van der Waals surface area contributed by atoms with Crippen molar-refractivity contribution in [3.05, 3.63) is 59.7 Å². The highest BCUT2D eigenvalue weighted by Gasteiger charge is 2.23. The Kier molecular flexibility index (Phi) is 5.58. The van der Waals surface area contributed by atoms with Gasteiger partial charge in [-0.15, -0.1) is 0 Å². The molecule has 3 aromatic carbocycles. The number of aromatic nitrogens is 2. The molecule has 0 aliphatic carbocycles. The zero-order valence-corrected chi connectivity index (χ0v) is 22.1. The van der Waals surface area contributed by atoms with E-state index in [9.17, 15) is 0 Å². The van der Waals surface area contributed by atoms with Crippen LogP contribution in [0.1, 0.15) is 52.7 Å². The summed E-state index contributed by atoms with van der Waals surface area (Å²) < 4.78 is 23.4. The number of rotatable bonds is 4. The molecule has 36 heavy (non-hydrogen) atoms. The van der Waals surface area contributed by atoms with Gasteiger partial charge in [0.1, 0.15) is 22.5 Å². The summed E-state index contributed by atoms with van der Waals surface area (Å²) in [5.41, 5.74) is 6.80. The van der Waals surface area contributed by atoms with Crippen LogP contribution < -0.4 is 9.47 Å². The first-order valence-electron chi connectivity index (χ1n) is 12.1. The highest BCUT2D eigenvalue weighted by Crippen LogP contribution is 2.38. The van der Waals surface area contributed by atoms with Crippen LogP contribution in [0.2, 0.25) is 0 Å². The molecule has 5 rings (SSSR count). The molecule has 2 aromatic heterocycles. The van der Waals surface area contributed by atoms with Gasteiger partial charge in [0.25, 0.3) is 0 Å². The molecule has 5 aromatic rings. The van der Waals surface area contributed by atoms with Gasteiger partial charge in [-0.1, -0.05) is 41.5 Å². The average Bonchev–Trinajstić information content (AvgIpc) is 3.44. The van der Waals surface area contributed by atoms with Gasteiger partial charge >= 0.3 is 0 Å². The van der Waals surface area contributed by atoms with Crippen molar-refractivity contribution in [1.82, 2.24) is 9.97 Å². The second kappa shape index (κ2) is 8.40. The summed E-state index contributed by atoms with van der Waals surface area (Å²) in [6.45, 7) is 12.9. The van der Waals surface area contributed by atoms with Crippen molar-refractivity contribution in [2.75, 3.05) is 14.2 Å². The van der Waals surface area contributed by atoms with E-state index in [0.29, 0.717) is 22.9 Å². The van der Waals surface area contributed by atoms with Crippen LogP contribution in [0.4, 0.5) is 0 Å². The average molecular weight is 485 g/mol. The van der Waals surface area contributed by atoms with Gasteiger partial charge in [0, 0.05) is 34.4 Å². The second-order valence-electron chi connectivity index (χ2n) is 11.2. The van der Waals surface area contributed by atoms with Gasteiger partial charge in [-0.25, -0.2) is 9.97 Å². The first kappa shape index (κ1) is 23.9. The molecule has 0 unspecified atom stereocenters. The standard InChI is InChI=1S/C30H32N2O4/c1-29(2,3)19-13-21-25(15-23(19)33-7)35-27(31-21)17-9-11-18(12-10-17)28-32-22-14-20(30(4,5)6)24(34-8)16-26(22)36-28/h9-16H,1-8H3. The number of methoxy groups -OCH3 is 2. The third kappa shape index (κ3) is 4.21. The lowest BCUT2D eigenvalue weighted by atomic mass is 9.86. The van der Waals surface area contributed by atoms with Crippen LogP contribution in [0.3, 0.4) is 0 Å². The van der Waals surface area contributed by atoms with Crippen molar-refractivity contribution in [2.24, 2.45) is 0 Å². The summed E-state index contributed by atoms with van der Waals surface area (Å²) in [4.78, 5) is 9.49. The molecule has 0 bridgehead atoms. The number of hydrogen-bond donors (Lipinski definition) is 0. The van der Waals surface area contributed by atoms with Crippen LogP contribution in [0.5, 0.6) is 11.5 Å². The SMILES string of the molecule is COc1cc2oc(-c3ccc(-c4nc5cc(C(C)(C)C)c(OC)cc5o4)cc3)nc2cc1C(C)(C)C. The predicted molar refractivity (Wildman–Crippen MR) is 143 cm³/mol. The van der Waals surface area contributed by atoms with Gasteiger partial charge in [0.2, 0.25) is 11.8 Å². The molecular weight excluding hydrogens is 452 g/mol. The highest BCUT2D eigenvalue weighted by atomic mass is 16.5. The molecule has 2 heterocycles. The minimum Gasteiger partial charge on any atom is -0.496 e. The van der Waals surface area contributed by atoms with E-state index in [1.807, 2.05) is 48.5 Å². The Morgan fingerprint density at radius 3 is 1.25 bits per heavy atom. The van der Waals surface area contributed by atoms with Crippen molar-refractivity contribution in [3.63, 3.8) is 0 Å². The van der Waals surface area contributed by atoms with Gasteiger partial charge in [-0.05, 0) is 47.2 Å². The summed E-state index contributed by atoms with van der Waals surface area (Å²) >= 11 is 0. The summed E-state index contributed by atoms with van der Waals surface area (Å²) in [6, 6.07) is 15.8. The Morgan fingerprint density at radius 1 is 0.583 bits per heavy atom. The lowest BCUT2D eigenvalue weighted by Crippen LogP contribution is -2.12. The Labute approximate surface area is 211 Å². The maximum atomic E-state index is 6.08. The molecule has 0 saturated heterocycles. The van der Waals surface area contributed by atoms with Gasteiger partial charge < -0.3 is 18.3 Å². The maximum Gasteiger partial charge on any atom is 0.227 e. The molecule has 0 spiro atoms. The Hall–Kier alpha value is -3.80. The van der Waals surface area contributed by atoms with E-state index in [4.69, 9.17) is 28.3 Å². The fourth-order valence-electron chi connectivity index (χ4n) is 4.42. The molecule has 0 aliphatic heterocycles. The first-order valence-corrected chi connectivity index (χ1v) is 12.1. The molecule has 186 valence electrons. The third-order valence-corrected chi connectivity index (χ3v) is 6.41. The molecule has 6 nitrogen and oxygen atoms in total. The van der Waals surface area contributed by atoms with E-state index >= 15 is 0 Å². The molecular formula is C30H32N2O4. The van der Waals surface area contributed by atoms with E-state index in [0.717, 1.165) is 44.8 Å². The highest BCUT2D eigenvalue weighted by molar-refractivity contribution is 5.81. The van der Waals surface area contributed by atoms with E-state index in [1.54, 1.807) is 14.2 Å². The number of benzene rings is 3. The maximum absolute atomic E-state index is 6.08. The zero-order valence-electron chi connectivity index (χ0n) is 22.1. The number of oxazole rings is 2. The molecule has 0 aliphatic rings. The van der Waals surface area contributed by atoms with Crippen LogP contribution in [0, 0.1) is 0 Å². The first-order chi connectivity index (χ1) is 17.0. The number of hydrogen-bond acceptors (Lipinski definition) is 6. The Balaban J connectivity index is 1.50. The van der Waals surface area contributed by atoms with Crippen LogP contribution in [-0.4, -0.2) is 24.2 Å². The van der Waals surface area contributed by atoms with Gasteiger partial charge in [-0.2, -0.15) is 0 Å². The molecule has 0 atom stereocenters. The van der Waals surface area contributed by atoms with Crippen molar-refractivity contribution in [2.45, 2.75) is 52.4 Å². The fraction of sp³-hybridized carbons (Fsp3) is 0.333. The van der Waals surface area contributed by atoms with Gasteiger partial charge in [-0.3, -0.25) is 0 Å². The van der Waals surface area contributed by atoms with E-state index < -0.39 is 0 Å². The van der Waals surface area contributed by atoms with Crippen LogP contribution in [0.25, 0.3) is 45.1 Å². The molecule has 0 amide bonds. The fourth-order valence-corrected chi connectivity index (χ4v) is 4.42. The van der Waals surface area contributed by atoms with Crippen LogP contribution in [-0.2, 0) is 10.8 Å². The lowest BCUT2D eigenvalue weighted by molar-refractivity contribution is 0.397. The lowest BCUT2D eigenvalue weighted by Gasteiger charge is -2.21. The normalized spacial score (nSPS) is 12.4. The minimum absolute atomic E-state index is 0.0719. The number of nitrogens with zero attached hydrogens (tertiary/aromatic N) is 2. The van der Waals surface area contributed by atoms with Gasteiger partial charge in [0.15, 0.2) is 11.2 Å². The zero-order chi connectivity index (χ0) is 25.8. The van der Waals surface area contributed by atoms with Crippen molar-refractivity contribution in [3.8, 4) is 34.4 Å². The second-order valence-corrected chi connectivity index (χ2v) is 11.2. The largest absolute Gasteiger partial charge is 0.496 e. The third-order valence-electron chi connectivity index (χ3n) is 6.41. The van der Waals surface area contributed by atoms with Crippen molar-refractivity contribution < 1.29 is 18.3 Å². The monoisotopic (exact) mass is 484 g/mol. The number of ether oxygens (including phenoxy) is 2. The van der Waals surface area contributed by atoms with Gasteiger partial charge in [0.05, 0.1) is 14.2 Å². The van der Waals surface area contributed by atoms with Crippen LogP contribution >= 0.6 is 0 Å². The molecule has 0 radical (unpaired) electrons. The quantitative estimate of drug-likeness (QED) is 0.258. The number of fused-ring (bicyclic) bond motifs is 2. The summed E-state index contributed by atoms with van der Waals surface area (Å²) in [7, 11) is 3.36.